The van der Waals surface area contributed by atoms with Crippen LogP contribution in [0.1, 0.15) is 59.8 Å². The molecule has 0 amide bonds. The molecule has 8 aromatic rings. The Morgan fingerprint density at radius 3 is 2.18 bits per heavy atom. The molecule has 3 atom stereocenters. The summed E-state index contributed by atoms with van der Waals surface area (Å²) >= 11 is 0. The Bertz CT molecular complexity index is 3200. The fourth-order valence-electron chi connectivity index (χ4n) is 10.6. The highest BCUT2D eigenvalue weighted by atomic mass is 15.3. The van der Waals surface area contributed by atoms with E-state index in [1.807, 2.05) is 0 Å². The average molecular weight is 787 g/mol. The lowest BCUT2D eigenvalue weighted by atomic mass is 9.78. The summed E-state index contributed by atoms with van der Waals surface area (Å²) in [6.07, 6.45) is 15.6. The third kappa shape index (κ3) is 5.82. The van der Waals surface area contributed by atoms with Gasteiger partial charge in [-0.2, -0.15) is 4.99 Å². The zero-order valence-electron chi connectivity index (χ0n) is 34.2. The maximum atomic E-state index is 3.98. The number of fused-ring (bicyclic) bond motifs is 7. The van der Waals surface area contributed by atoms with Crippen molar-refractivity contribution in [3.63, 3.8) is 0 Å². The molecule has 4 heteroatoms. The van der Waals surface area contributed by atoms with Gasteiger partial charge in [0, 0.05) is 51.7 Å². The lowest BCUT2D eigenvalue weighted by molar-refractivity contribution is -0.824. The van der Waals surface area contributed by atoms with E-state index in [2.05, 4.69) is 233 Å². The third-order valence-electron chi connectivity index (χ3n) is 13.5. The summed E-state index contributed by atoms with van der Waals surface area (Å²) in [6, 6.07) is 62.7. The van der Waals surface area contributed by atoms with Crippen LogP contribution in [0.25, 0.3) is 44.1 Å². The van der Waals surface area contributed by atoms with E-state index in [4.69, 9.17) is 0 Å². The van der Waals surface area contributed by atoms with Gasteiger partial charge in [0.05, 0.1) is 16.6 Å². The van der Waals surface area contributed by atoms with Crippen molar-refractivity contribution in [2.24, 2.45) is 0 Å². The van der Waals surface area contributed by atoms with Gasteiger partial charge in [0.15, 0.2) is 5.69 Å². The summed E-state index contributed by atoms with van der Waals surface area (Å²) in [7, 11) is 0. The van der Waals surface area contributed by atoms with E-state index in [0.29, 0.717) is 5.92 Å². The van der Waals surface area contributed by atoms with Gasteiger partial charge in [-0.05, 0) is 101 Å². The Morgan fingerprint density at radius 2 is 1.34 bits per heavy atom. The minimum atomic E-state index is -0.302. The minimum absolute atomic E-state index is 0.0705. The molecule has 0 saturated carbocycles. The molecule has 292 valence electrons. The van der Waals surface area contributed by atoms with Gasteiger partial charge in [-0.15, -0.1) is 0 Å². The first-order chi connectivity index (χ1) is 30.1. The summed E-state index contributed by atoms with van der Waals surface area (Å²) in [5.74, 6) is 0.336. The van der Waals surface area contributed by atoms with Gasteiger partial charge >= 0.3 is 6.29 Å². The molecule has 61 heavy (non-hydrogen) atoms. The monoisotopic (exact) mass is 786 g/mol. The number of aromatic nitrogens is 1. The number of hydrogen-bond acceptors (Lipinski definition) is 1. The lowest BCUT2D eigenvalue weighted by Gasteiger charge is -2.41. The number of quaternary nitrogens is 1. The zero-order valence-corrected chi connectivity index (χ0v) is 34.2. The SMILES string of the molecule is CC12CC(c3ccc4c(c3)c3ccccc3n4C3[NH+]=C(c4ccccc4)c4ccccc4[NH2+]3)=CC=C1c1ccccc1N2c1cc(-c2ccccc2)cc(C2C=CC=CC2)c1. The molecule has 0 radical (unpaired) electrons. The van der Waals surface area contributed by atoms with Crippen molar-refractivity contribution in [3.05, 3.63) is 234 Å². The minimum Gasteiger partial charge on any atom is -0.331 e. The van der Waals surface area contributed by atoms with Crippen LogP contribution in [0.2, 0.25) is 0 Å². The lowest BCUT2D eigenvalue weighted by Crippen LogP contribution is -3.02. The molecule has 4 aliphatic rings. The van der Waals surface area contributed by atoms with E-state index < -0.39 is 0 Å². The van der Waals surface area contributed by atoms with Crippen molar-refractivity contribution in [1.29, 1.82) is 0 Å². The second-order valence-corrected chi connectivity index (χ2v) is 17.1. The molecule has 3 N–H and O–H groups in total. The van der Waals surface area contributed by atoms with Gasteiger partial charge in [-0.1, -0.05) is 146 Å². The molecular weight excluding hydrogens is 741 g/mol. The first-order valence-electron chi connectivity index (χ1n) is 21.6. The fraction of sp³-hybridized carbons (Fsp3) is 0.105. The number of nitrogens with one attached hydrogen (secondary N) is 1. The standard InChI is InChI=1S/C57H44N4/c1-57-37-42(29-31-50(57)47-24-13-16-28-54(47)61(57)45-34-43(38-17-5-2-6-18-38)33-44(35-45)39-19-7-3-8-20-39)41-30-32-53-49(36-41)46-23-12-15-27-52(46)60(53)56-58-51-26-14-11-25-48(51)55(59-56)40-21-9-4-10-22-40/h2-19,21-36,39,56,58H,20,37H2,1H3/p+2. The van der Waals surface area contributed by atoms with Gasteiger partial charge in [-0.3, -0.25) is 0 Å². The smallest absolute Gasteiger partial charge is 0.331 e. The molecule has 4 nitrogen and oxygen atoms in total. The van der Waals surface area contributed by atoms with Gasteiger partial charge in [0.1, 0.15) is 5.56 Å². The van der Waals surface area contributed by atoms with Crippen LogP contribution >= 0.6 is 0 Å². The van der Waals surface area contributed by atoms with E-state index in [-0.39, 0.29) is 11.8 Å². The highest BCUT2D eigenvalue weighted by Gasteiger charge is 2.47. The van der Waals surface area contributed by atoms with Crippen LogP contribution in [0, 0.1) is 0 Å². The fourth-order valence-corrected chi connectivity index (χ4v) is 10.6. The molecule has 2 aliphatic heterocycles. The second-order valence-electron chi connectivity index (χ2n) is 17.1. The molecule has 7 aromatic carbocycles. The number of rotatable bonds is 6. The predicted octanol–water partition coefficient (Wildman–Crippen LogP) is 11.1. The number of nitrogens with two attached hydrogens (primary N) is 1. The maximum Gasteiger partial charge on any atom is 0.369 e. The van der Waals surface area contributed by atoms with E-state index in [1.54, 1.807) is 0 Å². The van der Waals surface area contributed by atoms with Crippen LogP contribution in [-0.2, 0) is 0 Å². The average Bonchev–Trinajstić information content (AvgIpc) is 3.80. The predicted molar refractivity (Wildman–Crippen MR) is 252 cm³/mol. The van der Waals surface area contributed by atoms with Crippen LogP contribution in [0.4, 0.5) is 17.1 Å². The maximum absolute atomic E-state index is 3.98. The first-order valence-corrected chi connectivity index (χ1v) is 21.6. The van der Waals surface area contributed by atoms with Crippen molar-refractivity contribution < 1.29 is 10.3 Å². The third-order valence-corrected chi connectivity index (χ3v) is 13.5. The number of para-hydroxylation sites is 3. The quantitative estimate of drug-likeness (QED) is 0.162. The summed E-state index contributed by atoms with van der Waals surface area (Å²) in [5, 5.41) is 4.91. The van der Waals surface area contributed by atoms with Crippen molar-refractivity contribution in [2.75, 3.05) is 4.90 Å². The largest absolute Gasteiger partial charge is 0.369 e. The number of hydrogen-bond donors (Lipinski definition) is 2. The van der Waals surface area contributed by atoms with E-state index in [0.717, 1.165) is 18.6 Å². The summed E-state index contributed by atoms with van der Waals surface area (Å²) < 4.78 is 2.49. The normalized spacial score (nSPS) is 20.2. The molecule has 3 heterocycles. The Balaban J connectivity index is 0.971. The van der Waals surface area contributed by atoms with Crippen molar-refractivity contribution in [2.45, 2.75) is 37.5 Å². The summed E-state index contributed by atoms with van der Waals surface area (Å²) in [6.45, 7) is 2.46. The Hall–Kier alpha value is -7.27. The van der Waals surface area contributed by atoms with Crippen molar-refractivity contribution >= 4 is 55.7 Å². The van der Waals surface area contributed by atoms with Gasteiger partial charge in [-0.25, -0.2) is 9.88 Å². The van der Waals surface area contributed by atoms with Crippen LogP contribution in [0.15, 0.2) is 206 Å². The van der Waals surface area contributed by atoms with Gasteiger partial charge in [0.2, 0.25) is 5.71 Å². The number of allylic oxidation sites excluding steroid dienone is 6. The number of anilines is 2. The molecular formula is C57H46N4+2. The van der Waals surface area contributed by atoms with E-state index in [1.165, 1.54) is 89.0 Å². The Morgan fingerprint density at radius 1 is 0.607 bits per heavy atom. The van der Waals surface area contributed by atoms with Crippen molar-refractivity contribution in [1.82, 2.24) is 4.57 Å². The molecule has 0 fully saturated rings. The van der Waals surface area contributed by atoms with E-state index >= 15 is 0 Å². The highest BCUT2D eigenvalue weighted by Crippen LogP contribution is 2.56. The van der Waals surface area contributed by atoms with E-state index in [9.17, 15) is 0 Å². The molecule has 0 spiro atoms. The van der Waals surface area contributed by atoms with Crippen molar-refractivity contribution in [3.8, 4) is 11.1 Å². The molecule has 0 bridgehead atoms. The second kappa shape index (κ2) is 14.2. The topological polar surface area (TPSA) is 38.8 Å². The highest BCUT2D eigenvalue weighted by molar-refractivity contribution is 6.12. The number of nitrogens with zero attached hydrogens (tertiary/aromatic N) is 2. The van der Waals surface area contributed by atoms with Crippen LogP contribution in [0.3, 0.4) is 0 Å². The van der Waals surface area contributed by atoms with Crippen LogP contribution in [-0.4, -0.2) is 15.8 Å². The van der Waals surface area contributed by atoms with Gasteiger partial charge < -0.3 is 4.90 Å². The molecule has 2 aliphatic carbocycles. The van der Waals surface area contributed by atoms with Gasteiger partial charge in [0.25, 0.3) is 0 Å². The Kier molecular flexibility index (Phi) is 8.29. The molecule has 0 saturated heterocycles. The first kappa shape index (κ1) is 35.7. The van der Waals surface area contributed by atoms with Crippen LogP contribution < -0.4 is 15.2 Å². The zero-order chi connectivity index (χ0) is 40.5. The molecule has 1 aromatic heterocycles. The number of benzene rings is 7. The summed E-state index contributed by atoms with van der Waals surface area (Å²) in [5.41, 5.74) is 18.6. The summed E-state index contributed by atoms with van der Waals surface area (Å²) in [4.78, 5) is 6.63. The molecule has 12 rings (SSSR count). The Labute approximate surface area is 356 Å². The molecule has 3 unspecified atom stereocenters. The van der Waals surface area contributed by atoms with Crippen LogP contribution in [0.5, 0.6) is 0 Å².